The first-order valence-corrected chi connectivity index (χ1v) is 14.8. The number of fused-ring (bicyclic) bond motifs is 1. The number of rotatable bonds is 11. The van der Waals surface area contributed by atoms with Gasteiger partial charge in [0.2, 0.25) is 11.8 Å². The molecule has 5 aromatic rings. The van der Waals surface area contributed by atoms with E-state index in [0.29, 0.717) is 19.4 Å². The van der Waals surface area contributed by atoms with Gasteiger partial charge in [-0.2, -0.15) is 0 Å². The van der Waals surface area contributed by atoms with Crippen molar-refractivity contribution >= 4 is 22.7 Å². The summed E-state index contributed by atoms with van der Waals surface area (Å²) in [7, 11) is 0. The van der Waals surface area contributed by atoms with Gasteiger partial charge in [-0.3, -0.25) is 9.59 Å². The van der Waals surface area contributed by atoms with Gasteiger partial charge in [-0.05, 0) is 61.1 Å². The van der Waals surface area contributed by atoms with E-state index < -0.39 is 17.6 Å². The highest BCUT2D eigenvalue weighted by Gasteiger charge is 2.29. The highest BCUT2D eigenvalue weighted by molar-refractivity contribution is 5.91. The lowest BCUT2D eigenvalue weighted by Gasteiger charge is -2.27. The highest BCUT2D eigenvalue weighted by atomic mass is 16.2. The quantitative estimate of drug-likeness (QED) is 0.153. The Bertz CT molecular complexity index is 1640. The van der Waals surface area contributed by atoms with Gasteiger partial charge in [0, 0.05) is 35.6 Å². The minimum absolute atomic E-state index is 0.207. The van der Waals surface area contributed by atoms with E-state index in [4.69, 9.17) is 0 Å². The maximum absolute atomic E-state index is 13.9. The molecule has 4 aromatic carbocycles. The fourth-order valence-corrected chi connectivity index (χ4v) is 5.25. The number of aromatic nitrogens is 1. The first-order valence-electron chi connectivity index (χ1n) is 14.8. The van der Waals surface area contributed by atoms with Crippen molar-refractivity contribution in [3.05, 3.63) is 132 Å². The molecule has 2 atom stereocenters. The summed E-state index contributed by atoms with van der Waals surface area (Å²) in [4.78, 5) is 30.7. The third-order valence-corrected chi connectivity index (χ3v) is 7.44. The van der Waals surface area contributed by atoms with Crippen LogP contribution in [0.4, 0.5) is 0 Å². The zero-order chi connectivity index (χ0) is 30.2. The Morgan fingerprint density at radius 2 is 1.30 bits per heavy atom. The number of hydrogen-bond acceptors (Lipinski definition) is 3. The van der Waals surface area contributed by atoms with Crippen LogP contribution in [0.5, 0.6) is 0 Å². The van der Waals surface area contributed by atoms with Crippen molar-refractivity contribution in [1.29, 1.82) is 0 Å². The van der Waals surface area contributed by atoms with Crippen molar-refractivity contribution in [2.45, 2.75) is 57.8 Å². The van der Waals surface area contributed by atoms with E-state index in [9.17, 15) is 9.59 Å². The zero-order valence-electron chi connectivity index (χ0n) is 25.1. The number of carbonyl (C=O) groups is 2. The average Bonchev–Trinajstić information content (AvgIpc) is 3.42. The van der Waals surface area contributed by atoms with Crippen LogP contribution in [-0.4, -0.2) is 34.4 Å². The summed E-state index contributed by atoms with van der Waals surface area (Å²) in [5, 5.41) is 10.7. The van der Waals surface area contributed by atoms with Crippen LogP contribution in [0.3, 0.4) is 0 Å². The van der Waals surface area contributed by atoms with Crippen molar-refractivity contribution in [3.63, 3.8) is 0 Å². The molecule has 0 saturated heterocycles. The van der Waals surface area contributed by atoms with Gasteiger partial charge in [0.15, 0.2) is 0 Å². The number of para-hydroxylation sites is 1. The maximum atomic E-state index is 13.9. The molecule has 0 aliphatic carbocycles. The molecule has 6 nitrogen and oxygen atoms in total. The molecule has 0 fully saturated rings. The van der Waals surface area contributed by atoms with Crippen molar-refractivity contribution in [3.8, 4) is 11.1 Å². The molecule has 0 unspecified atom stereocenters. The minimum Gasteiger partial charge on any atom is -0.361 e. The highest BCUT2D eigenvalue weighted by Crippen LogP contribution is 2.21. The molecule has 0 aliphatic rings. The predicted octanol–water partition coefficient (Wildman–Crippen LogP) is 6.18. The van der Waals surface area contributed by atoms with Gasteiger partial charge in [-0.15, -0.1) is 0 Å². The molecule has 0 bridgehead atoms. The van der Waals surface area contributed by atoms with E-state index >= 15 is 0 Å². The SMILES string of the molecule is CC(C)(C)NC(=O)[C@H](Cc1c[nH]c2ccccc12)NC(=O)[C@H](Cc1ccccc1)NCc1ccc(-c2ccccc2)cc1. The number of nitrogens with one attached hydrogen (secondary N) is 4. The van der Waals surface area contributed by atoms with Gasteiger partial charge in [-0.1, -0.05) is 103 Å². The van der Waals surface area contributed by atoms with E-state index in [1.807, 2.05) is 99.8 Å². The summed E-state index contributed by atoms with van der Waals surface area (Å²) in [5.74, 6) is -0.417. The normalized spacial score (nSPS) is 12.9. The van der Waals surface area contributed by atoms with Crippen molar-refractivity contribution in [2.75, 3.05) is 0 Å². The lowest BCUT2D eigenvalue weighted by molar-refractivity contribution is -0.130. The Labute approximate surface area is 253 Å². The number of carbonyl (C=O) groups excluding carboxylic acids is 2. The summed E-state index contributed by atoms with van der Waals surface area (Å²) < 4.78 is 0. The van der Waals surface area contributed by atoms with Crippen LogP contribution in [0.1, 0.15) is 37.5 Å². The summed E-state index contributed by atoms with van der Waals surface area (Å²) >= 11 is 0. The molecule has 0 radical (unpaired) electrons. The maximum Gasteiger partial charge on any atom is 0.243 e. The van der Waals surface area contributed by atoms with E-state index in [-0.39, 0.29) is 11.8 Å². The fraction of sp³-hybridized carbons (Fsp3) is 0.243. The van der Waals surface area contributed by atoms with Crippen molar-refractivity contribution in [1.82, 2.24) is 20.9 Å². The Morgan fingerprint density at radius 3 is 2.00 bits per heavy atom. The van der Waals surface area contributed by atoms with Gasteiger partial charge < -0.3 is 20.9 Å². The Balaban J connectivity index is 1.34. The van der Waals surface area contributed by atoms with Gasteiger partial charge in [0.25, 0.3) is 0 Å². The minimum atomic E-state index is -0.740. The molecule has 2 amide bonds. The molecule has 43 heavy (non-hydrogen) atoms. The van der Waals surface area contributed by atoms with E-state index in [1.165, 1.54) is 0 Å². The summed E-state index contributed by atoms with van der Waals surface area (Å²) in [6.07, 6.45) is 2.79. The molecule has 6 heteroatoms. The van der Waals surface area contributed by atoms with Gasteiger partial charge >= 0.3 is 0 Å². The molecule has 0 aliphatic heterocycles. The van der Waals surface area contributed by atoms with E-state index in [0.717, 1.165) is 38.7 Å². The van der Waals surface area contributed by atoms with Gasteiger partial charge in [0.05, 0.1) is 6.04 Å². The molecule has 220 valence electrons. The molecule has 0 spiro atoms. The van der Waals surface area contributed by atoms with E-state index in [1.54, 1.807) is 0 Å². The number of benzene rings is 4. The first-order chi connectivity index (χ1) is 20.7. The van der Waals surface area contributed by atoms with Crippen molar-refractivity contribution < 1.29 is 9.59 Å². The number of amides is 2. The van der Waals surface area contributed by atoms with Crippen LogP contribution < -0.4 is 16.0 Å². The fourth-order valence-electron chi connectivity index (χ4n) is 5.25. The third kappa shape index (κ3) is 8.21. The molecule has 5 rings (SSSR count). The second kappa shape index (κ2) is 13.5. The molecule has 1 aromatic heterocycles. The van der Waals surface area contributed by atoms with Crippen molar-refractivity contribution in [2.24, 2.45) is 0 Å². The summed E-state index contributed by atoms with van der Waals surface area (Å²) in [6.45, 7) is 6.34. The number of aromatic amines is 1. The lowest BCUT2D eigenvalue weighted by Crippen LogP contribution is -2.56. The molecular formula is C37H40N4O2. The van der Waals surface area contributed by atoms with Crippen LogP contribution >= 0.6 is 0 Å². The molecule has 1 heterocycles. The topological polar surface area (TPSA) is 86.0 Å². The lowest BCUT2D eigenvalue weighted by atomic mass is 10.0. The number of H-pyrrole nitrogens is 1. The second-order valence-corrected chi connectivity index (χ2v) is 12.1. The van der Waals surface area contributed by atoms with Crippen LogP contribution in [-0.2, 0) is 29.0 Å². The summed E-state index contributed by atoms with van der Waals surface area (Å²) in [5.41, 5.74) is 5.98. The molecule has 4 N–H and O–H groups in total. The Morgan fingerprint density at radius 1 is 0.674 bits per heavy atom. The third-order valence-electron chi connectivity index (χ3n) is 7.44. The van der Waals surface area contributed by atoms with Crippen LogP contribution in [0.25, 0.3) is 22.0 Å². The molecular weight excluding hydrogens is 532 g/mol. The Hall–Kier alpha value is -4.68. The zero-order valence-corrected chi connectivity index (χ0v) is 25.1. The van der Waals surface area contributed by atoms with E-state index in [2.05, 4.69) is 57.3 Å². The van der Waals surface area contributed by atoms with Crippen LogP contribution in [0.15, 0.2) is 115 Å². The van der Waals surface area contributed by atoms with Crippen LogP contribution in [0, 0.1) is 0 Å². The largest absolute Gasteiger partial charge is 0.361 e. The first kappa shape index (κ1) is 29.8. The van der Waals surface area contributed by atoms with Crippen LogP contribution in [0.2, 0.25) is 0 Å². The molecule has 0 saturated carbocycles. The van der Waals surface area contributed by atoms with Gasteiger partial charge in [-0.25, -0.2) is 0 Å². The summed E-state index contributed by atoms with van der Waals surface area (Å²) in [6, 6.07) is 35.3. The monoisotopic (exact) mass is 572 g/mol. The predicted molar refractivity (Wildman–Crippen MR) is 174 cm³/mol. The standard InChI is InChI=1S/C37H40N4O2/c1-37(2,3)41-36(43)34(23-30-25-39-32-17-11-10-16-31(30)32)40-35(42)33(22-26-12-6-4-7-13-26)38-24-27-18-20-29(21-19-27)28-14-8-5-9-15-28/h4-21,25,33-34,38-39H,22-24H2,1-3H3,(H,40,42)(H,41,43)/t33-,34-/m0/s1. The smallest absolute Gasteiger partial charge is 0.243 e. The Kier molecular flexibility index (Phi) is 9.38. The van der Waals surface area contributed by atoms with Gasteiger partial charge in [0.1, 0.15) is 6.04 Å². The second-order valence-electron chi connectivity index (χ2n) is 12.1. The number of hydrogen-bond donors (Lipinski definition) is 4. The average molecular weight is 573 g/mol.